The minimum atomic E-state index is 0.589. The van der Waals surface area contributed by atoms with Gasteiger partial charge in [0.25, 0.3) is 0 Å². The Hall–Kier alpha value is -0.500. The normalized spacial score (nSPS) is 19.5. The Morgan fingerprint density at radius 2 is 1.92 bits per heavy atom. The van der Waals surface area contributed by atoms with E-state index in [1.807, 2.05) is 0 Å². The van der Waals surface area contributed by atoms with E-state index in [0.29, 0.717) is 5.92 Å². The van der Waals surface area contributed by atoms with Crippen molar-refractivity contribution < 1.29 is 0 Å². The molecule has 1 fully saturated rings. The number of nitrogens with one attached hydrogen (secondary N) is 1. The van der Waals surface area contributed by atoms with Crippen LogP contribution in [0.3, 0.4) is 0 Å². The highest BCUT2D eigenvalue weighted by atomic mass is 15.2. The third-order valence-electron chi connectivity index (χ3n) is 2.98. The predicted molar refractivity (Wildman–Crippen MR) is 57.6 cm³/mol. The van der Waals surface area contributed by atoms with Gasteiger partial charge in [0.05, 0.1) is 0 Å². The maximum absolute atomic E-state index is 4.13. The van der Waals surface area contributed by atoms with E-state index in [-0.39, 0.29) is 0 Å². The van der Waals surface area contributed by atoms with Gasteiger partial charge < -0.3 is 10.2 Å². The molecular weight excluding hydrogens is 160 g/mol. The van der Waals surface area contributed by atoms with E-state index in [9.17, 15) is 0 Å². The summed E-state index contributed by atoms with van der Waals surface area (Å²) in [6.45, 7) is 10.9. The summed E-state index contributed by atoms with van der Waals surface area (Å²) in [6.07, 6.45) is 2.50. The quantitative estimate of drug-likeness (QED) is 0.716. The van der Waals surface area contributed by atoms with E-state index >= 15 is 0 Å². The van der Waals surface area contributed by atoms with Gasteiger partial charge in [-0.15, -0.1) is 0 Å². The summed E-state index contributed by atoms with van der Waals surface area (Å²) >= 11 is 0. The topological polar surface area (TPSA) is 15.3 Å². The molecule has 76 valence electrons. The van der Waals surface area contributed by atoms with Crippen molar-refractivity contribution in [3.8, 4) is 0 Å². The molecule has 0 spiro atoms. The van der Waals surface area contributed by atoms with Crippen LogP contribution in [-0.2, 0) is 0 Å². The lowest BCUT2D eigenvalue weighted by molar-refractivity contribution is 0.232. The second-order valence-electron chi connectivity index (χ2n) is 4.20. The highest BCUT2D eigenvalue weighted by molar-refractivity contribution is 4.99. The number of nitrogens with zero attached hydrogens (tertiary/aromatic N) is 1. The van der Waals surface area contributed by atoms with Crippen molar-refractivity contribution in [2.24, 2.45) is 5.92 Å². The molecule has 1 N–H and O–H groups in total. The number of likely N-dealkylation sites (tertiary alicyclic amines) is 1. The van der Waals surface area contributed by atoms with Crippen LogP contribution in [0.25, 0.3) is 0 Å². The van der Waals surface area contributed by atoms with Crippen LogP contribution in [-0.4, -0.2) is 31.1 Å². The second kappa shape index (κ2) is 4.66. The molecule has 2 heteroatoms. The molecule has 0 amide bonds. The van der Waals surface area contributed by atoms with Gasteiger partial charge in [-0.25, -0.2) is 0 Å². The maximum Gasteiger partial charge on any atom is 0.0189 e. The Bertz CT molecular complexity index is 167. The van der Waals surface area contributed by atoms with Crippen LogP contribution in [0, 0.1) is 5.92 Å². The smallest absolute Gasteiger partial charge is 0.0189 e. The zero-order chi connectivity index (χ0) is 9.84. The molecule has 0 bridgehead atoms. The van der Waals surface area contributed by atoms with Crippen molar-refractivity contribution in [1.29, 1.82) is 0 Å². The summed E-state index contributed by atoms with van der Waals surface area (Å²) in [6, 6.07) is 0.719. The molecule has 0 unspecified atom stereocenters. The van der Waals surface area contributed by atoms with Gasteiger partial charge in [0.1, 0.15) is 0 Å². The van der Waals surface area contributed by atoms with Crippen LogP contribution in [0.1, 0.15) is 26.7 Å². The molecule has 13 heavy (non-hydrogen) atoms. The molecule has 0 aromatic heterocycles. The Labute approximate surface area is 82.0 Å². The number of hydrogen-bond donors (Lipinski definition) is 1. The van der Waals surface area contributed by atoms with Crippen LogP contribution >= 0.6 is 0 Å². The SMILES string of the molecule is C=C(C(C)C)N1CCC(NC)CC1. The monoisotopic (exact) mass is 182 g/mol. The van der Waals surface area contributed by atoms with E-state index in [0.717, 1.165) is 6.04 Å². The average Bonchev–Trinajstić information content (AvgIpc) is 2.17. The lowest BCUT2D eigenvalue weighted by atomic mass is 10.0. The Balaban J connectivity index is 2.36. The molecule has 1 heterocycles. The first-order valence-electron chi connectivity index (χ1n) is 5.26. The highest BCUT2D eigenvalue weighted by Gasteiger charge is 2.19. The molecule has 0 atom stereocenters. The number of rotatable bonds is 3. The Morgan fingerprint density at radius 1 is 1.38 bits per heavy atom. The number of allylic oxidation sites excluding steroid dienone is 1. The van der Waals surface area contributed by atoms with E-state index in [1.165, 1.54) is 31.6 Å². The van der Waals surface area contributed by atoms with Gasteiger partial charge in [-0.1, -0.05) is 20.4 Å². The lowest BCUT2D eigenvalue weighted by Crippen LogP contribution is -2.41. The summed E-state index contributed by atoms with van der Waals surface area (Å²) < 4.78 is 0. The van der Waals surface area contributed by atoms with Gasteiger partial charge in [-0.2, -0.15) is 0 Å². The van der Waals surface area contributed by atoms with E-state index in [1.54, 1.807) is 0 Å². The second-order valence-corrected chi connectivity index (χ2v) is 4.20. The average molecular weight is 182 g/mol. The van der Waals surface area contributed by atoms with Crippen LogP contribution < -0.4 is 5.32 Å². The fourth-order valence-electron chi connectivity index (χ4n) is 1.82. The zero-order valence-corrected chi connectivity index (χ0v) is 9.14. The van der Waals surface area contributed by atoms with Crippen LogP contribution in [0.5, 0.6) is 0 Å². The molecule has 1 aliphatic rings. The fourth-order valence-corrected chi connectivity index (χ4v) is 1.82. The third kappa shape index (κ3) is 2.73. The maximum atomic E-state index is 4.13. The minimum Gasteiger partial charge on any atom is -0.375 e. The summed E-state index contributed by atoms with van der Waals surface area (Å²) in [7, 11) is 2.05. The van der Waals surface area contributed by atoms with Crippen molar-refractivity contribution >= 4 is 0 Å². The molecule has 0 saturated carbocycles. The first kappa shape index (κ1) is 10.6. The summed E-state index contributed by atoms with van der Waals surface area (Å²) in [5.41, 5.74) is 1.30. The van der Waals surface area contributed by atoms with E-state index in [4.69, 9.17) is 0 Å². The highest BCUT2D eigenvalue weighted by Crippen LogP contribution is 2.18. The lowest BCUT2D eigenvalue weighted by Gasteiger charge is -2.36. The van der Waals surface area contributed by atoms with Crippen molar-refractivity contribution in [3.05, 3.63) is 12.3 Å². The molecule has 0 aromatic carbocycles. The van der Waals surface area contributed by atoms with Gasteiger partial charge in [0.15, 0.2) is 0 Å². The van der Waals surface area contributed by atoms with Crippen molar-refractivity contribution in [2.45, 2.75) is 32.7 Å². The van der Waals surface area contributed by atoms with Gasteiger partial charge in [0, 0.05) is 24.8 Å². The molecule has 1 saturated heterocycles. The first-order valence-corrected chi connectivity index (χ1v) is 5.26. The van der Waals surface area contributed by atoms with Crippen molar-refractivity contribution in [2.75, 3.05) is 20.1 Å². The summed E-state index contributed by atoms with van der Waals surface area (Å²) in [4.78, 5) is 2.43. The molecular formula is C11H22N2. The van der Waals surface area contributed by atoms with E-state index < -0.39 is 0 Å². The van der Waals surface area contributed by atoms with Crippen molar-refractivity contribution in [3.63, 3.8) is 0 Å². The Morgan fingerprint density at radius 3 is 2.31 bits per heavy atom. The minimum absolute atomic E-state index is 0.589. The number of hydrogen-bond acceptors (Lipinski definition) is 2. The standard InChI is InChI=1S/C11H22N2/c1-9(2)10(3)13-7-5-11(12-4)6-8-13/h9,11-12H,3,5-8H2,1-2,4H3. The van der Waals surface area contributed by atoms with E-state index in [2.05, 4.69) is 37.7 Å². The molecule has 0 aromatic rings. The van der Waals surface area contributed by atoms with Crippen molar-refractivity contribution in [1.82, 2.24) is 10.2 Å². The van der Waals surface area contributed by atoms with Crippen LogP contribution in [0.4, 0.5) is 0 Å². The largest absolute Gasteiger partial charge is 0.375 e. The molecule has 2 nitrogen and oxygen atoms in total. The molecule has 1 aliphatic heterocycles. The first-order chi connectivity index (χ1) is 6.15. The number of piperidine rings is 1. The Kier molecular flexibility index (Phi) is 3.79. The summed E-state index contributed by atoms with van der Waals surface area (Å²) in [5.74, 6) is 0.589. The van der Waals surface area contributed by atoms with Gasteiger partial charge >= 0.3 is 0 Å². The molecule has 0 radical (unpaired) electrons. The van der Waals surface area contributed by atoms with Gasteiger partial charge in [-0.05, 0) is 25.8 Å². The third-order valence-corrected chi connectivity index (χ3v) is 2.98. The molecule has 0 aliphatic carbocycles. The predicted octanol–water partition coefficient (Wildman–Crippen LogP) is 1.84. The van der Waals surface area contributed by atoms with Crippen LogP contribution in [0.2, 0.25) is 0 Å². The molecule has 1 rings (SSSR count). The van der Waals surface area contributed by atoms with Crippen LogP contribution in [0.15, 0.2) is 12.3 Å². The van der Waals surface area contributed by atoms with Gasteiger partial charge in [0.2, 0.25) is 0 Å². The summed E-state index contributed by atoms with van der Waals surface area (Å²) in [5, 5.41) is 3.34. The fraction of sp³-hybridized carbons (Fsp3) is 0.818. The van der Waals surface area contributed by atoms with Gasteiger partial charge in [-0.3, -0.25) is 0 Å². The zero-order valence-electron chi connectivity index (χ0n) is 9.14.